The van der Waals surface area contributed by atoms with Crippen molar-refractivity contribution in [1.82, 2.24) is 5.48 Å². The number of rotatable bonds is 2. The molecule has 0 spiro atoms. The minimum absolute atomic E-state index is 0.154. The molecule has 5 unspecified atom stereocenters. The lowest BCUT2D eigenvalue weighted by Gasteiger charge is -2.72. The third kappa shape index (κ3) is 2.75. The van der Waals surface area contributed by atoms with Crippen molar-refractivity contribution in [2.45, 2.75) is 106 Å². The van der Waals surface area contributed by atoms with Gasteiger partial charge in [0, 0.05) is 11.8 Å². The van der Waals surface area contributed by atoms with Crippen molar-refractivity contribution in [1.29, 1.82) is 0 Å². The van der Waals surface area contributed by atoms with Crippen LogP contribution in [-0.2, 0) is 9.59 Å². The van der Waals surface area contributed by atoms with E-state index in [1.807, 2.05) is 0 Å². The fourth-order valence-corrected chi connectivity index (χ4v) is 11.4. The third-order valence-electron chi connectivity index (χ3n) is 13.4. The van der Waals surface area contributed by atoms with Gasteiger partial charge in [-0.1, -0.05) is 46.8 Å². The average Bonchev–Trinajstić information content (AvgIpc) is 3.18. The number of carbonyl (C=O) groups is 2. The summed E-state index contributed by atoms with van der Waals surface area (Å²) in [6, 6.07) is 0. The van der Waals surface area contributed by atoms with E-state index in [1.54, 1.807) is 0 Å². The summed E-state index contributed by atoms with van der Waals surface area (Å²) in [5, 5.41) is 9.74. The predicted molar refractivity (Wildman–Crippen MR) is 134 cm³/mol. The van der Waals surface area contributed by atoms with E-state index in [4.69, 9.17) is 0 Å². The van der Waals surface area contributed by atoms with Crippen LogP contribution in [0.15, 0.2) is 12.2 Å². The third-order valence-corrected chi connectivity index (χ3v) is 13.4. The summed E-state index contributed by atoms with van der Waals surface area (Å²) >= 11 is 0. The van der Waals surface area contributed by atoms with E-state index in [2.05, 4.69) is 53.6 Å². The topological polar surface area (TPSA) is 66.4 Å². The molecule has 4 heteroatoms. The number of hydrogen-bond donors (Lipinski definition) is 2. The maximum atomic E-state index is 13.2. The largest absolute Gasteiger partial charge is 0.299 e. The monoisotopic (exact) mass is 469 g/mol. The van der Waals surface area contributed by atoms with Crippen molar-refractivity contribution in [3.05, 3.63) is 12.2 Å². The first-order valence-corrected chi connectivity index (χ1v) is 13.9. The highest BCUT2D eigenvalue weighted by molar-refractivity contribution is 5.85. The van der Waals surface area contributed by atoms with Gasteiger partial charge in [0.1, 0.15) is 5.78 Å². The molecule has 0 bridgehead atoms. The van der Waals surface area contributed by atoms with Gasteiger partial charge in [0.15, 0.2) is 0 Å². The Bertz CT molecular complexity index is 924. The Morgan fingerprint density at radius 2 is 1.62 bits per heavy atom. The molecular weight excluding hydrogens is 422 g/mol. The van der Waals surface area contributed by atoms with Crippen molar-refractivity contribution in [2.75, 3.05) is 0 Å². The molecule has 5 aliphatic rings. The van der Waals surface area contributed by atoms with Crippen molar-refractivity contribution in [3.8, 4) is 0 Å². The summed E-state index contributed by atoms with van der Waals surface area (Å²) < 4.78 is 0. The SMILES string of the molecule is C=C(C)C1CC[C@]2(C(=O)NO)CC[C@@]3(C)C(CCC4[C@@]5(C)CCC(=O)C(C)(C)C5CC[C@]43C)C12. The first-order valence-electron chi connectivity index (χ1n) is 13.9. The van der Waals surface area contributed by atoms with Crippen LogP contribution in [0.5, 0.6) is 0 Å². The van der Waals surface area contributed by atoms with Gasteiger partial charge in [-0.15, -0.1) is 0 Å². The number of ketones is 1. The lowest BCUT2D eigenvalue weighted by Crippen LogP contribution is -2.67. The van der Waals surface area contributed by atoms with Crippen LogP contribution < -0.4 is 5.48 Å². The number of allylic oxidation sites excluding steroid dienone is 1. The Labute approximate surface area is 206 Å². The number of nitrogens with one attached hydrogen (secondary N) is 1. The molecule has 34 heavy (non-hydrogen) atoms. The van der Waals surface area contributed by atoms with E-state index < -0.39 is 5.41 Å². The van der Waals surface area contributed by atoms with Gasteiger partial charge in [-0.25, -0.2) is 5.48 Å². The molecule has 0 saturated heterocycles. The van der Waals surface area contributed by atoms with Gasteiger partial charge < -0.3 is 0 Å². The summed E-state index contributed by atoms with van der Waals surface area (Å²) in [7, 11) is 0. The van der Waals surface area contributed by atoms with Crippen LogP contribution in [0, 0.1) is 56.7 Å². The van der Waals surface area contributed by atoms with Crippen LogP contribution in [0.2, 0.25) is 0 Å². The van der Waals surface area contributed by atoms with Gasteiger partial charge in [-0.05, 0) is 111 Å². The summed E-state index contributed by atoms with van der Waals surface area (Å²) in [6.45, 7) is 18.6. The maximum absolute atomic E-state index is 13.2. The maximum Gasteiger partial charge on any atom is 0.249 e. The van der Waals surface area contributed by atoms with Gasteiger partial charge in [0.2, 0.25) is 5.91 Å². The molecule has 190 valence electrons. The molecule has 2 N–H and O–H groups in total. The van der Waals surface area contributed by atoms with Crippen LogP contribution in [0.1, 0.15) is 106 Å². The first-order chi connectivity index (χ1) is 15.8. The standard InChI is InChI=1S/C30H47NO3/c1-18(2)19-10-15-30(25(33)31-34)17-16-28(6)20(24(19)30)8-9-22-27(5)13-12-23(32)26(3,4)21(27)11-14-29(22,28)7/h19-22,24,34H,1,8-17H2,2-7H3,(H,31,33)/t19?,20?,21?,22?,24?,27-,28-,29+,30-/m0/s1. The van der Waals surface area contributed by atoms with Gasteiger partial charge in [0.05, 0.1) is 5.41 Å². The van der Waals surface area contributed by atoms with Crippen LogP contribution in [-0.4, -0.2) is 16.9 Å². The molecule has 1 amide bonds. The second-order valence-corrected chi connectivity index (χ2v) is 14.4. The molecule has 0 aromatic rings. The summed E-state index contributed by atoms with van der Waals surface area (Å²) in [5.41, 5.74) is 3.20. The Hall–Kier alpha value is -1.16. The number of amides is 1. The zero-order chi connectivity index (χ0) is 24.9. The Morgan fingerprint density at radius 3 is 2.26 bits per heavy atom. The molecule has 5 aliphatic carbocycles. The number of carbonyl (C=O) groups excluding carboxylic acids is 2. The molecule has 5 saturated carbocycles. The molecule has 5 rings (SSSR count). The zero-order valence-corrected chi connectivity index (χ0v) is 22.4. The number of fused-ring (bicyclic) bond motifs is 7. The lowest BCUT2D eigenvalue weighted by molar-refractivity contribution is -0.233. The summed E-state index contributed by atoms with van der Waals surface area (Å²) in [4.78, 5) is 26.1. The molecule has 5 fully saturated rings. The molecule has 9 atom stereocenters. The second kappa shape index (κ2) is 7.43. The van der Waals surface area contributed by atoms with Crippen molar-refractivity contribution < 1.29 is 14.8 Å². The fraction of sp³-hybridized carbons (Fsp3) is 0.867. The zero-order valence-electron chi connectivity index (χ0n) is 22.4. The molecular formula is C30H47NO3. The van der Waals surface area contributed by atoms with E-state index in [1.165, 1.54) is 18.4 Å². The van der Waals surface area contributed by atoms with E-state index in [-0.39, 0.29) is 33.5 Å². The van der Waals surface area contributed by atoms with Crippen LogP contribution in [0.25, 0.3) is 0 Å². The molecule has 0 heterocycles. The minimum Gasteiger partial charge on any atom is -0.299 e. The van der Waals surface area contributed by atoms with E-state index in [0.717, 1.165) is 51.4 Å². The molecule has 0 aliphatic heterocycles. The molecule has 0 aromatic heterocycles. The van der Waals surface area contributed by atoms with Crippen molar-refractivity contribution >= 4 is 11.7 Å². The number of hydroxylamine groups is 1. The van der Waals surface area contributed by atoms with Crippen LogP contribution in [0.3, 0.4) is 0 Å². The van der Waals surface area contributed by atoms with E-state index in [0.29, 0.717) is 29.5 Å². The van der Waals surface area contributed by atoms with Crippen molar-refractivity contribution in [3.63, 3.8) is 0 Å². The second-order valence-electron chi connectivity index (χ2n) is 14.4. The van der Waals surface area contributed by atoms with Crippen molar-refractivity contribution in [2.24, 2.45) is 56.7 Å². The molecule has 0 radical (unpaired) electrons. The average molecular weight is 470 g/mol. The first kappa shape index (κ1) is 24.5. The van der Waals surface area contributed by atoms with Crippen LogP contribution in [0.4, 0.5) is 0 Å². The number of Topliss-reactive ketones (excluding diaryl/α,β-unsaturated/α-hetero) is 1. The fourth-order valence-electron chi connectivity index (χ4n) is 11.4. The van der Waals surface area contributed by atoms with Crippen LogP contribution >= 0.6 is 0 Å². The van der Waals surface area contributed by atoms with E-state index >= 15 is 0 Å². The summed E-state index contributed by atoms with van der Waals surface area (Å²) in [6.07, 6.45) is 10.2. The highest BCUT2D eigenvalue weighted by Crippen LogP contribution is 2.77. The Morgan fingerprint density at radius 1 is 0.912 bits per heavy atom. The minimum atomic E-state index is -0.452. The quantitative estimate of drug-likeness (QED) is 0.268. The Balaban J connectivity index is 1.57. The summed E-state index contributed by atoms with van der Waals surface area (Å²) in [5.74, 6) is 2.50. The van der Waals surface area contributed by atoms with Gasteiger partial charge >= 0.3 is 0 Å². The lowest BCUT2D eigenvalue weighted by atomic mass is 9.32. The Kier molecular flexibility index (Phi) is 5.36. The normalized spacial score (nSPS) is 51.5. The molecule has 0 aromatic carbocycles. The van der Waals surface area contributed by atoms with E-state index in [9.17, 15) is 14.8 Å². The number of hydrogen-bond acceptors (Lipinski definition) is 3. The van der Waals surface area contributed by atoms with Gasteiger partial charge in [0.25, 0.3) is 0 Å². The van der Waals surface area contributed by atoms with Gasteiger partial charge in [-0.3, -0.25) is 14.8 Å². The predicted octanol–water partition coefficient (Wildman–Crippen LogP) is 6.72. The molecule has 4 nitrogen and oxygen atoms in total. The highest BCUT2D eigenvalue weighted by atomic mass is 16.5. The smallest absolute Gasteiger partial charge is 0.249 e. The van der Waals surface area contributed by atoms with Gasteiger partial charge in [-0.2, -0.15) is 0 Å². The highest BCUT2D eigenvalue weighted by Gasteiger charge is 2.71.